The summed E-state index contributed by atoms with van der Waals surface area (Å²) >= 11 is 3.37. The van der Waals surface area contributed by atoms with Crippen LogP contribution >= 0.6 is 15.9 Å². The van der Waals surface area contributed by atoms with Gasteiger partial charge in [-0.1, -0.05) is 34.1 Å². The SMILES string of the molecule is N#CCC(=O)Nc1cccc(NC(=O)Cc2cccc(Br)c2)c1. The van der Waals surface area contributed by atoms with Crippen LogP contribution in [0.25, 0.3) is 0 Å². The summed E-state index contributed by atoms with van der Waals surface area (Å²) in [5.41, 5.74) is 2.01. The molecule has 0 aliphatic carbocycles. The van der Waals surface area contributed by atoms with E-state index >= 15 is 0 Å². The van der Waals surface area contributed by atoms with Gasteiger partial charge in [0.2, 0.25) is 11.8 Å². The molecule has 2 aromatic carbocycles. The number of nitriles is 1. The van der Waals surface area contributed by atoms with Gasteiger partial charge in [0.05, 0.1) is 12.5 Å². The van der Waals surface area contributed by atoms with E-state index in [1.807, 2.05) is 24.3 Å². The van der Waals surface area contributed by atoms with Gasteiger partial charge in [0.1, 0.15) is 6.42 Å². The third-order valence-corrected chi connectivity index (χ3v) is 3.42. The molecule has 0 atom stereocenters. The number of hydrogen-bond acceptors (Lipinski definition) is 3. The molecule has 2 rings (SSSR count). The van der Waals surface area contributed by atoms with Gasteiger partial charge in [-0.15, -0.1) is 0 Å². The van der Waals surface area contributed by atoms with Crippen LogP contribution in [0.2, 0.25) is 0 Å². The molecule has 0 saturated carbocycles. The Bertz CT molecular complexity index is 768. The third kappa shape index (κ3) is 5.57. The molecule has 6 heteroatoms. The highest BCUT2D eigenvalue weighted by molar-refractivity contribution is 9.10. The minimum absolute atomic E-state index is 0.149. The van der Waals surface area contributed by atoms with Gasteiger partial charge in [0.25, 0.3) is 0 Å². The van der Waals surface area contributed by atoms with Crippen molar-refractivity contribution in [1.82, 2.24) is 0 Å². The Hall–Kier alpha value is -2.65. The Morgan fingerprint density at radius 1 is 1.00 bits per heavy atom. The van der Waals surface area contributed by atoms with E-state index < -0.39 is 0 Å². The van der Waals surface area contributed by atoms with E-state index in [1.54, 1.807) is 30.3 Å². The van der Waals surface area contributed by atoms with Crippen molar-refractivity contribution >= 4 is 39.1 Å². The molecule has 2 aromatic rings. The lowest BCUT2D eigenvalue weighted by Gasteiger charge is -2.08. The first-order valence-electron chi connectivity index (χ1n) is 6.88. The molecule has 0 aromatic heterocycles. The van der Waals surface area contributed by atoms with Gasteiger partial charge in [0, 0.05) is 15.8 Å². The molecule has 2 N–H and O–H groups in total. The summed E-state index contributed by atoms with van der Waals surface area (Å²) < 4.78 is 0.921. The Morgan fingerprint density at radius 2 is 1.65 bits per heavy atom. The number of carbonyl (C=O) groups is 2. The monoisotopic (exact) mass is 371 g/mol. The maximum Gasteiger partial charge on any atom is 0.238 e. The summed E-state index contributed by atoms with van der Waals surface area (Å²) in [6.07, 6.45) is 0.0456. The Balaban J connectivity index is 1.98. The van der Waals surface area contributed by atoms with Gasteiger partial charge >= 0.3 is 0 Å². The first-order valence-corrected chi connectivity index (χ1v) is 7.67. The number of rotatable bonds is 5. The van der Waals surface area contributed by atoms with Crippen LogP contribution in [-0.2, 0) is 16.0 Å². The number of amides is 2. The molecule has 0 aliphatic heterocycles. The van der Waals surface area contributed by atoms with Crippen LogP contribution in [0.1, 0.15) is 12.0 Å². The maximum absolute atomic E-state index is 12.1. The zero-order valence-electron chi connectivity index (χ0n) is 12.2. The normalized spacial score (nSPS) is 9.74. The highest BCUT2D eigenvalue weighted by atomic mass is 79.9. The van der Waals surface area contributed by atoms with E-state index in [0.717, 1.165) is 10.0 Å². The molecule has 0 fully saturated rings. The maximum atomic E-state index is 12.1. The number of benzene rings is 2. The van der Waals surface area contributed by atoms with Crippen molar-refractivity contribution in [2.24, 2.45) is 0 Å². The lowest BCUT2D eigenvalue weighted by atomic mass is 10.1. The van der Waals surface area contributed by atoms with Gasteiger partial charge in [-0.2, -0.15) is 5.26 Å². The van der Waals surface area contributed by atoms with E-state index in [-0.39, 0.29) is 24.7 Å². The van der Waals surface area contributed by atoms with Gasteiger partial charge < -0.3 is 10.6 Å². The highest BCUT2D eigenvalue weighted by Gasteiger charge is 2.06. The molecule has 0 aliphatic rings. The molecule has 0 saturated heterocycles. The van der Waals surface area contributed by atoms with Crippen LogP contribution in [0, 0.1) is 11.3 Å². The topological polar surface area (TPSA) is 82.0 Å². The van der Waals surface area contributed by atoms with Crippen LogP contribution in [-0.4, -0.2) is 11.8 Å². The summed E-state index contributed by atoms with van der Waals surface area (Å²) in [7, 11) is 0. The van der Waals surface area contributed by atoms with Crippen molar-refractivity contribution in [2.45, 2.75) is 12.8 Å². The van der Waals surface area contributed by atoms with Crippen molar-refractivity contribution in [1.29, 1.82) is 5.26 Å². The van der Waals surface area contributed by atoms with Crippen molar-refractivity contribution in [3.05, 3.63) is 58.6 Å². The molecule has 0 spiro atoms. The minimum atomic E-state index is -0.384. The predicted octanol–water partition coefficient (Wildman–Crippen LogP) is 3.48. The van der Waals surface area contributed by atoms with E-state index in [2.05, 4.69) is 26.6 Å². The van der Waals surface area contributed by atoms with E-state index in [4.69, 9.17) is 5.26 Å². The predicted molar refractivity (Wildman–Crippen MR) is 91.8 cm³/mol. The second-order valence-electron chi connectivity index (χ2n) is 4.82. The largest absolute Gasteiger partial charge is 0.326 e. The Labute approximate surface area is 142 Å². The standard InChI is InChI=1S/C17H14BrN3O2/c18-13-4-1-3-12(9-13)10-17(23)21-15-6-2-5-14(11-15)20-16(22)7-8-19/h1-6,9,11H,7,10H2,(H,20,22)(H,21,23). The van der Waals surface area contributed by atoms with E-state index in [0.29, 0.717) is 11.4 Å². The number of carbonyl (C=O) groups excluding carboxylic acids is 2. The number of nitrogens with zero attached hydrogens (tertiary/aromatic N) is 1. The van der Waals surface area contributed by atoms with Crippen LogP contribution < -0.4 is 10.6 Å². The smallest absolute Gasteiger partial charge is 0.238 e. The molecule has 0 radical (unpaired) electrons. The van der Waals surface area contributed by atoms with Crippen molar-refractivity contribution in [3.63, 3.8) is 0 Å². The first kappa shape index (κ1) is 16.7. The van der Waals surface area contributed by atoms with Crippen molar-refractivity contribution < 1.29 is 9.59 Å². The van der Waals surface area contributed by atoms with Crippen molar-refractivity contribution in [3.8, 4) is 6.07 Å². The second-order valence-corrected chi connectivity index (χ2v) is 5.73. The fourth-order valence-electron chi connectivity index (χ4n) is 1.99. The average Bonchev–Trinajstić information content (AvgIpc) is 2.47. The number of nitrogens with one attached hydrogen (secondary N) is 2. The molecule has 2 amide bonds. The number of halogens is 1. The van der Waals surface area contributed by atoms with Crippen molar-refractivity contribution in [2.75, 3.05) is 10.6 Å². The van der Waals surface area contributed by atoms with Gasteiger partial charge in [0.15, 0.2) is 0 Å². The van der Waals surface area contributed by atoms with Gasteiger partial charge in [-0.3, -0.25) is 9.59 Å². The fraction of sp³-hybridized carbons (Fsp3) is 0.118. The third-order valence-electron chi connectivity index (χ3n) is 2.92. The molecule has 0 unspecified atom stereocenters. The first-order chi connectivity index (χ1) is 11.1. The zero-order chi connectivity index (χ0) is 16.7. The summed E-state index contributed by atoms with van der Waals surface area (Å²) in [6.45, 7) is 0. The molecule has 116 valence electrons. The average molecular weight is 372 g/mol. The Morgan fingerprint density at radius 3 is 2.30 bits per heavy atom. The lowest BCUT2D eigenvalue weighted by Crippen LogP contribution is -2.15. The molecule has 0 heterocycles. The van der Waals surface area contributed by atoms with E-state index in [9.17, 15) is 9.59 Å². The second kappa shape index (κ2) is 8.11. The van der Waals surface area contributed by atoms with Gasteiger partial charge in [-0.05, 0) is 35.9 Å². The van der Waals surface area contributed by atoms with Gasteiger partial charge in [-0.25, -0.2) is 0 Å². The molecular formula is C17H14BrN3O2. The fourth-order valence-corrected chi connectivity index (χ4v) is 2.44. The summed E-state index contributed by atoms with van der Waals surface area (Å²) in [5.74, 6) is -0.534. The number of anilines is 2. The summed E-state index contributed by atoms with van der Waals surface area (Å²) in [5, 5.41) is 13.9. The lowest BCUT2D eigenvalue weighted by molar-refractivity contribution is -0.116. The number of hydrogen-bond donors (Lipinski definition) is 2. The zero-order valence-corrected chi connectivity index (χ0v) is 13.8. The molecule has 5 nitrogen and oxygen atoms in total. The minimum Gasteiger partial charge on any atom is -0.326 e. The van der Waals surface area contributed by atoms with Crippen LogP contribution in [0.5, 0.6) is 0 Å². The van der Waals surface area contributed by atoms with E-state index in [1.165, 1.54) is 0 Å². The highest BCUT2D eigenvalue weighted by Crippen LogP contribution is 2.16. The van der Waals surface area contributed by atoms with Crippen LogP contribution in [0.3, 0.4) is 0 Å². The molecular weight excluding hydrogens is 358 g/mol. The molecule has 0 bridgehead atoms. The van der Waals surface area contributed by atoms with Crippen LogP contribution in [0.15, 0.2) is 53.0 Å². The quantitative estimate of drug-likeness (QED) is 0.843. The Kier molecular flexibility index (Phi) is 5.89. The summed E-state index contributed by atoms with van der Waals surface area (Å²) in [6, 6.07) is 16.1. The summed E-state index contributed by atoms with van der Waals surface area (Å²) in [4.78, 5) is 23.5. The molecule has 23 heavy (non-hydrogen) atoms. The van der Waals surface area contributed by atoms with Crippen LogP contribution in [0.4, 0.5) is 11.4 Å².